The zero-order valence-electron chi connectivity index (χ0n) is 14.8. The molecule has 6 nitrogen and oxygen atoms in total. The average molecular weight is 329 g/mol. The Balaban J connectivity index is 1.96. The second-order valence-electron chi connectivity index (χ2n) is 6.02. The van der Waals surface area contributed by atoms with Gasteiger partial charge in [0.15, 0.2) is 0 Å². The van der Waals surface area contributed by atoms with E-state index in [1.165, 1.54) is 4.90 Å². The molecule has 0 saturated heterocycles. The van der Waals surface area contributed by atoms with Gasteiger partial charge in [-0.15, -0.1) is 0 Å². The number of nitrogens with zero attached hydrogens (tertiary/aromatic N) is 2. The highest BCUT2D eigenvalue weighted by molar-refractivity contribution is 6.03. The molecule has 1 heterocycles. The molecule has 0 aliphatic carbocycles. The van der Waals surface area contributed by atoms with E-state index in [0.29, 0.717) is 12.3 Å². The molecular formula is C18H23N3O3. The number of aryl methyl sites for hydroxylation is 3. The molecule has 2 rings (SSSR count). The van der Waals surface area contributed by atoms with Crippen molar-refractivity contribution in [3.8, 4) is 0 Å². The number of carbonyl (C=O) groups is 2. The molecule has 0 aliphatic rings. The van der Waals surface area contributed by atoms with Gasteiger partial charge in [0, 0.05) is 18.3 Å². The molecule has 1 aromatic carbocycles. The van der Waals surface area contributed by atoms with Crippen LogP contribution in [0, 0.1) is 27.7 Å². The maximum Gasteiger partial charge on any atom is 0.233 e. The summed E-state index contributed by atoms with van der Waals surface area (Å²) < 4.78 is 5.09. The van der Waals surface area contributed by atoms with Crippen molar-refractivity contribution in [3.05, 3.63) is 46.3 Å². The van der Waals surface area contributed by atoms with Crippen LogP contribution >= 0.6 is 0 Å². The molecule has 0 radical (unpaired) electrons. The van der Waals surface area contributed by atoms with Crippen molar-refractivity contribution in [1.82, 2.24) is 10.1 Å². The Morgan fingerprint density at radius 2 is 1.92 bits per heavy atom. The number of hydrogen-bond donors (Lipinski definition) is 1. The van der Waals surface area contributed by atoms with Gasteiger partial charge >= 0.3 is 0 Å². The Bertz CT molecular complexity index is 745. The van der Waals surface area contributed by atoms with Crippen LogP contribution in [-0.4, -0.2) is 28.9 Å². The van der Waals surface area contributed by atoms with Crippen molar-refractivity contribution in [2.45, 2.75) is 40.7 Å². The first-order valence-electron chi connectivity index (χ1n) is 7.81. The molecule has 1 N–H and O–H groups in total. The van der Waals surface area contributed by atoms with Gasteiger partial charge in [0.2, 0.25) is 11.8 Å². The standard InChI is InChI=1S/C18H23N3O3/c1-11-7-6-8-16(12(11)2)19-17(22)9-18(23)21(5)10-15-13(3)20-24-14(15)4/h6-8H,9-10H2,1-5H3,(H,19,22). The Hall–Kier alpha value is -2.63. The third kappa shape index (κ3) is 4.01. The molecule has 0 bridgehead atoms. The minimum absolute atomic E-state index is 0.201. The molecule has 24 heavy (non-hydrogen) atoms. The van der Waals surface area contributed by atoms with E-state index in [2.05, 4.69) is 10.5 Å². The quantitative estimate of drug-likeness (QED) is 0.856. The van der Waals surface area contributed by atoms with Gasteiger partial charge in [-0.05, 0) is 44.9 Å². The number of aromatic nitrogens is 1. The van der Waals surface area contributed by atoms with Crippen LogP contribution in [0.25, 0.3) is 0 Å². The lowest BCUT2D eigenvalue weighted by molar-refractivity contribution is -0.134. The largest absolute Gasteiger partial charge is 0.361 e. The summed E-state index contributed by atoms with van der Waals surface area (Å²) >= 11 is 0. The SMILES string of the molecule is Cc1cccc(NC(=O)CC(=O)N(C)Cc2c(C)noc2C)c1C. The first-order chi connectivity index (χ1) is 11.3. The lowest BCUT2D eigenvalue weighted by Crippen LogP contribution is -2.30. The molecule has 2 amide bonds. The molecule has 0 aliphatic heterocycles. The molecule has 0 atom stereocenters. The summed E-state index contributed by atoms with van der Waals surface area (Å²) in [7, 11) is 1.67. The molecule has 6 heteroatoms. The Morgan fingerprint density at radius 1 is 1.21 bits per heavy atom. The van der Waals surface area contributed by atoms with E-state index < -0.39 is 0 Å². The molecule has 0 spiro atoms. The van der Waals surface area contributed by atoms with Gasteiger partial charge in [-0.25, -0.2) is 0 Å². The fraction of sp³-hybridized carbons (Fsp3) is 0.389. The van der Waals surface area contributed by atoms with Crippen molar-refractivity contribution >= 4 is 17.5 Å². The smallest absolute Gasteiger partial charge is 0.233 e. The zero-order chi connectivity index (χ0) is 17.9. The summed E-state index contributed by atoms with van der Waals surface area (Å²) in [5.41, 5.74) is 4.46. The van der Waals surface area contributed by atoms with Gasteiger partial charge in [0.1, 0.15) is 12.2 Å². The van der Waals surface area contributed by atoms with Gasteiger partial charge in [0.05, 0.1) is 12.2 Å². The second-order valence-corrected chi connectivity index (χ2v) is 6.02. The van der Waals surface area contributed by atoms with Crippen molar-refractivity contribution in [3.63, 3.8) is 0 Å². The summed E-state index contributed by atoms with van der Waals surface area (Å²) in [6.45, 7) is 7.93. The van der Waals surface area contributed by atoms with Crippen molar-refractivity contribution in [2.24, 2.45) is 0 Å². The molecule has 1 aromatic heterocycles. The van der Waals surface area contributed by atoms with E-state index in [-0.39, 0.29) is 18.2 Å². The van der Waals surface area contributed by atoms with Crippen LogP contribution in [0.5, 0.6) is 0 Å². The summed E-state index contributed by atoms with van der Waals surface area (Å²) in [6, 6.07) is 5.69. The van der Waals surface area contributed by atoms with Gasteiger partial charge in [-0.3, -0.25) is 9.59 Å². The third-order valence-electron chi connectivity index (χ3n) is 4.19. The summed E-state index contributed by atoms with van der Waals surface area (Å²) in [5.74, 6) is 0.115. The topological polar surface area (TPSA) is 75.4 Å². The van der Waals surface area contributed by atoms with E-state index in [0.717, 1.165) is 28.1 Å². The van der Waals surface area contributed by atoms with Gasteiger partial charge < -0.3 is 14.7 Å². The van der Waals surface area contributed by atoms with E-state index in [4.69, 9.17) is 4.52 Å². The molecule has 128 valence electrons. The third-order valence-corrected chi connectivity index (χ3v) is 4.19. The Morgan fingerprint density at radius 3 is 2.54 bits per heavy atom. The number of benzene rings is 1. The highest BCUT2D eigenvalue weighted by atomic mass is 16.5. The van der Waals surface area contributed by atoms with Crippen LogP contribution in [0.1, 0.15) is 34.6 Å². The molecule has 0 fully saturated rings. The van der Waals surface area contributed by atoms with Crippen LogP contribution in [0.3, 0.4) is 0 Å². The fourth-order valence-corrected chi connectivity index (χ4v) is 2.41. The highest BCUT2D eigenvalue weighted by Gasteiger charge is 2.18. The van der Waals surface area contributed by atoms with Crippen molar-refractivity contribution < 1.29 is 14.1 Å². The summed E-state index contributed by atoms with van der Waals surface area (Å²) in [4.78, 5) is 25.9. The number of hydrogen-bond acceptors (Lipinski definition) is 4. The molecule has 2 aromatic rings. The van der Waals surface area contributed by atoms with Crippen LogP contribution in [0.2, 0.25) is 0 Å². The van der Waals surface area contributed by atoms with Crippen molar-refractivity contribution in [1.29, 1.82) is 0 Å². The number of carbonyl (C=O) groups excluding carboxylic acids is 2. The minimum Gasteiger partial charge on any atom is -0.361 e. The predicted octanol–water partition coefficient (Wildman–Crippen LogP) is 2.90. The summed E-state index contributed by atoms with van der Waals surface area (Å²) in [6.07, 6.45) is -0.201. The second kappa shape index (κ2) is 7.29. The normalized spacial score (nSPS) is 10.5. The lowest BCUT2D eigenvalue weighted by atomic mass is 10.1. The average Bonchev–Trinajstić information content (AvgIpc) is 2.83. The lowest BCUT2D eigenvalue weighted by Gasteiger charge is -2.17. The number of amides is 2. The molecular weight excluding hydrogens is 306 g/mol. The number of nitrogens with one attached hydrogen (secondary N) is 1. The zero-order valence-corrected chi connectivity index (χ0v) is 14.8. The molecule has 0 saturated carbocycles. The van der Waals surface area contributed by atoms with Crippen LogP contribution in [-0.2, 0) is 16.1 Å². The van der Waals surface area contributed by atoms with E-state index in [1.807, 2.05) is 39.0 Å². The fourth-order valence-electron chi connectivity index (χ4n) is 2.41. The molecule has 0 unspecified atom stereocenters. The Labute approximate surface area is 141 Å². The number of anilines is 1. The predicted molar refractivity (Wildman–Crippen MR) is 91.6 cm³/mol. The first-order valence-corrected chi connectivity index (χ1v) is 7.81. The van der Waals surface area contributed by atoms with E-state index >= 15 is 0 Å². The monoisotopic (exact) mass is 329 g/mol. The van der Waals surface area contributed by atoms with E-state index in [1.54, 1.807) is 14.0 Å². The first kappa shape index (κ1) is 17.7. The van der Waals surface area contributed by atoms with Crippen LogP contribution in [0.4, 0.5) is 5.69 Å². The van der Waals surface area contributed by atoms with Crippen LogP contribution in [0.15, 0.2) is 22.7 Å². The Kier molecular flexibility index (Phi) is 5.39. The van der Waals surface area contributed by atoms with Gasteiger partial charge in [-0.1, -0.05) is 17.3 Å². The highest BCUT2D eigenvalue weighted by Crippen LogP contribution is 2.18. The summed E-state index contributed by atoms with van der Waals surface area (Å²) in [5, 5.41) is 6.67. The number of rotatable bonds is 5. The van der Waals surface area contributed by atoms with Crippen LogP contribution < -0.4 is 5.32 Å². The van der Waals surface area contributed by atoms with Gasteiger partial charge in [0.25, 0.3) is 0 Å². The minimum atomic E-state index is -0.320. The van der Waals surface area contributed by atoms with E-state index in [9.17, 15) is 9.59 Å². The van der Waals surface area contributed by atoms with Crippen molar-refractivity contribution in [2.75, 3.05) is 12.4 Å². The maximum absolute atomic E-state index is 12.3. The van der Waals surface area contributed by atoms with Gasteiger partial charge in [-0.2, -0.15) is 0 Å². The maximum atomic E-state index is 12.3.